The standard InChI is InChI=1S/C31H34N4O4/c1-20(2)34(30(37)24-10-15-27(39-6)16-11-24)19-29(36)33-31-32-28(23-8-13-26(38-5)14-9-23)18-35(31)25-12-7-21(3)22(4)17-25/h7-18,20H,19H2,1-6H3,(H,32,33,36). The van der Waals surface area contributed by atoms with Crippen LogP contribution in [-0.4, -0.2) is 53.1 Å². The zero-order valence-corrected chi connectivity index (χ0v) is 23.2. The van der Waals surface area contributed by atoms with Crippen LogP contribution >= 0.6 is 0 Å². The number of hydrogen-bond donors (Lipinski definition) is 1. The van der Waals surface area contributed by atoms with E-state index in [1.54, 1.807) is 38.5 Å². The Bertz CT molecular complexity index is 1460. The van der Waals surface area contributed by atoms with E-state index in [2.05, 4.69) is 18.3 Å². The maximum atomic E-state index is 13.3. The highest BCUT2D eigenvalue weighted by Crippen LogP contribution is 2.27. The molecule has 1 aromatic heterocycles. The van der Waals surface area contributed by atoms with Gasteiger partial charge >= 0.3 is 0 Å². The average Bonchev–Trinajstić information content (AvgIpc) is 3.36. The summed E-state index contributed by atoms with van der Waals surface area (Å²) in [5, 5.41) is 2.94. The summed E-state index contributed by atoms with van der Waals surface area (Å²) >= 11 is 0. The summed E-state index contributed by atoms with van der Waals surface area (Å²) in [5.74, 6) is 1.19. The van der Waals surface area contributed by atoms with Crippen LogP contribution in [0.4, 0.5) is 5.95 Å². The predicted octanol–water partition coefficient (Wildman–Crippen LogP) is 5.66. The van der Waals surface area contributed by atoms with Gasteiger partial charge in [0.1, 0.15) is 18.0 Å². The van der Waals surface area contributed by atoms with Crippen LogP contribution in [0.25, 0.3) is 16.9 Å². The molecule has 4 rings (SSSR count). The van der Waals surface area contributed by atoms with Crippen LogP contribution in [0.1, 0.15) is 35.3 Å². The average molecular weight is 527 g/mol. The Balaban J connectivity index is 1.62. The topological polar surface area (TPSA) is 85.7 Å². The van der Waals surface area contributed by atoms with E-state index < -0.39 is 0 Å². The number of carbonyl (C=O) groups excluding carboxylic acids is 2. The van der Waals surface area contributed by atoms with Crippen LogP contribution in [0.5, 0.6) is 11.5 Å². The fourth-order valence-corrected chi connectivity index (χ4v) is 4.15. The van der Waals surface area contributed by atoms with Gasteiger partial charge in [-0.2, -0.15) is 0 Å². The maximum absolute atomic E-state index is 13.3. The third-order valence-corrected chi connectivity index (χ3v) is 6.65. The molecule has 0 fully saturated rings. The lowest BCUT2D eigenvalue weighted by molar-refractivity contribution is -0.117. The number of imidazole rings is 1. The van der Waals surface area contributed by atoms with Crippen molar-refractivity contribution in [1.29, 1.82) is 0 Å². The van der Waals surface area contributed by atoms with Crippen molar-refractivity contribution in [2.24, 2.45) is 0 Å². The predicted molar refractivity (Wildman–Crippen MR) is 153 cm³/mol. The first-order valence-corrected chi connectivity index (χ1v) is 12.8. The molecule has 1 N–H and O–H groups in total. The van der Waals surface area contributed by atoms with Gasteiger partial charge in [0.05, 0.1) is 19.9 Å². The Labute approximate surface area is 229 Å². The van der Waals surface area contributed by atoms with E-state index >= 15 is 0 Å². The first kappa shape index (κ1) is 27.4. The number of rotatable bonds is 9. The minimum Gasteiger partial charge on any atom is -0.497 e. The molecule has 0 saturated heterocycles. The van der Waals surface area contributed by atoms with Crippen molar-refractivity contribution in [3.05, 3.63) is 89.6 Å². The number of nitrogens with one attached hydrogen (secondary N) is 1. The maximum Gasteiger partial charge on any atom is 0.254 e. The van der Waals surface area contributed by atoms with E-state index in [0.29, 0.717) is 23.0 Å². The highest BCUT2D eigenvalue weighted by atomic mass is 16.5. The number of benzene rings is 3. The van der Waals surface area contributed by atoms with Crippen molar-refractivity contribution in [1.82, 2.24) is 14.5 Å². The number of aromatic nitrogens is 2. The molecule has 0 radical (unpaired) electrons. The first-order chi connectivity index (χ1) is 18.7. The Morgan fingerprint density at radius 1 is 0.897 bits per heavy atom. The molecule has 39 heavy (non-hydrogen) atoms. The van der Waals surface area contributed by atoms with Crippen LogP contribution in [-0.2, 0) is 4.79 Å². The molecule has 0 aliphatic heterocycles. The van der Waals surface area contributed by atoms with Crippen molar-refractivity contribution in [2.75, 3.05) is 26.1 Å². The molecule has 4 aromatic rings. The molecule has 0 aliphatic rings. The Kier molecular flexibility index (Phi) is 8.34. The minimum absolute atomic E-state index is 0.125. The lowest BCUT2D eigenvalue weighted by atomic mass is 10.1. The number of carbonyl (C=O) groups is 2. The minimum atomic E-state index is -0.345. The van der Waals surface area contributed by atoms with Gasteiger partial charge in [-0.1, -0.05) is 6.07 Å². The van der Waals surface area contributed by atoms with Crippen molar-refractivity contribution < 1.29 is 19.1 Å². The Morgan fingerprint density at radius 3 is 2.08 bits per heavy atom. The van der Waals surface area contributed by atoms with Crippen LogP contribution < -0.4 is 14.8 Å². The number of methoxy groups -OCH3 is 2. The van der Waals surface area contributed by atoms with Crippen molar-refractivity contribution >= 4 is 17.8 Å². The van der Waals surface area contributed by atoms with Crippen LogP contribution in [0, 0.1) is 13.8 Å². The number of aryl methyl sites for hydroxylation is 2. The molecule has 1 heterocycles. The molecule has 0 aliphatic carbocycles. The molecule has 2 amide bonds. The normalized spacial score (nSPS) is 10.8. The molecule has 202 valence electrons. The van der Waals surface area contributed by atoms with Crippen LogP contribution in [0.2, 0.25) is 0 Å². The second-order valence-electron chi connectivity index (χ2n) is 9.62. The molecule has 3 aromatic carbocycles. The SMILES string of the molecule is COc1ccc(C(=O)N(CC(=O)Nc2nc(-c3ccc(OC)cc3)cn2-c2ccc(C)c(C)c2)C(C)C)cc1. The fraction of sp³-hybridized carbons (Fsp3) is 0.258. The summed E-state index contributed by atoms with van der Waals surface area (Å²) in [7, 11) is 3.19. The van der Waals surface area contributed by atoms with Crippen molar-refractivity contribution in [3.63, 3.8) is 0 Å². The smallest absolute Gasteiger partial charge is 0.254 e. The molecule has 8 heteroatoms. The van der Waals surface area contributed by atoms with Crippen molar-refractivity contribution in [2.45, 2.75) is 33.7 Å². The number of ether oxygens (including phenoxy) is 2. The summed E-state index contributed by atoms with van der Waals surface area (Å²) in [6.07, 6.45) is 1.89. The highest BCUT2D eigenvalue weighted by Gasteiger charge is 2.23. The molecular formula is C31H34N4O4. The van der Waals surface area contributed by atoms with Gasteiger partial charge in [-0.25, -0.2) is 4.98 Å². The molecule has 0 unspecified atom stereocenters. The Morgan fingerprint density at radius 2 is 1.51 bits per heavy atom. The second-order valence-corrected chi connectivity index (χ2v) is 9.62. The number of anilines is 1. The van der Waals surface area contributed by atoms with Gasteiger partial charge in [0.25, 0.3) is 5.91 Å². The summed E-state index contributed by atoms with van der Waals surface area (Å²) < 4.78 is 12.3. The number of hydrogen-bond acceptors (Lipinski definition) is 5. The molecule has 0 bridgehead atoms. The lowest BCUT2D eigenvalue weighted by Crippen LogP contribution is -2.42. The van der Waals surface area contributed by atoms with Crippen molar-refractivity contribution in [3.8, 4) is 28.4 Å². The van der Waals surface area contributed by atoms with Crippen LogP contribution in [0.15, 0.2) is 72.9 Å². The molecule has 0 saturated carbocycles. The van der Waals surface area contributed by atoms with Gasteiger partial charge in [0, 0.05) is 29.1 Å². The molecule has 0 spiro atoms. The number of amides is 2. The molecular weight excluding hydrogens is 492 g/mol. The van der Waals surface area contributed by atoms with Gasteiger partial charge in [0.2, 0.25) is 11.9 Å². The van der Waals surface area contributed by atoms with E-state index in [9.17, 15) is 9.59 Å². The van der Waals surface area contributed by atoms with E-state index in [4.69, 9.17) is 14.5 Å². The number of nitrogens with zero attached hydrogens (tertiary/aromatic N) is 3. The summed E-state index contributed by atoms with van der Waals surface area (Å²) in [5.41, 5.74) is 5.23. The molecule has 0 atom stereocenters. The van der Waals surface area contributed by atoms with Gasteiger partial charge in [-0.3, -0.25) is 19.5 Å². The highest BCUT2D eigenvalue weighted by molar-refractivity contribution is 5.99. The van der Waals surface area contributed by atoms with Gasteiger partial charge < -0.3 is 14.4 Å². The van der Waals surface area contributed by atoms with Gasteiger partial charge in [-0.15, -0.1) is 0 Å². The summed E-state index contributed by atoms with van der Waals surface area (Å²) in [6.45, 7) is 7.74. The van der Waals surface area contributed by atoms with E-state index in [0.717, 1.165) is 22.6 Å². The third kappa shape index (κ3) is 6.29. The monoisotopic (exact) mass is 526 g/mol. The largest absolute Gasteiger partial charge is 0.497 e. The quantitative estimate of drug-likeness (QED) is 0.304. The molecule has 8 nitrogen and oxygen atoms in total. The van der Waals surface area contributed by atoms with E-state index in [1.165, 1.54) is 10.5 Å². The van der Waals surface area contributed by atoms with Crippen LogP contribution in [0.3, 0.4) is 0 Å². The van der Waals surface area contributed by atoms with E-state index in [1.807, 2.05) is 67.9 Å². The fourth-order valence-electron chi connectivity index (χ4n) is 4.15. The zero-order valence-electron chi connectivity index (χ0n) is 23.2. The van der Waals surface area contributed by atoms with E-state index in [-0.39, 0.29) is 24.4 Å². The summed E-state index contributed by atoms with van der Waals surface area (Å²) in [4.78, 5) is 32.8. The van der Waals surface area contributed by atoms with Gasteiger partial charge in [0.15, 0.2) is 0 Å². The summed E-state index contributed by atoms with van der Waals surface area (Å²) in [6, 6.07) is 20.3. The lowest BCUT2D eigenvalue weighted by Gasteiger charge is -2.26. The Hall–Kier alpha value is -4.59. The second kappa shape index (κ2) is 11.9. The third-order valence-electron chi connectivity index (χ3n) is 6.65. The first-order valence-electron chi connectivity index (χ1n) is 12.8. The van der Waals surface area contributed by atoms with Gasteiger partial charge in [-0.05, 0) is 99.5 Å². The zero-order chi connectivity index (χ0) is 28.1.